The molecule has 0 aliphatic carbocycles. The van der Waals surface area contributed by atoms with E-state index in [0.717, 1.165) is 12.2 Å². The lowest BCUT2D eigenvalue weighted by atomic mass is 10.3. The van der Waals surface area contributed by atoms with Gasteiger partial charge in [-0.1, -0.05) is 0 Å². The molecule has 0 aliphatic rings. The fraction of sp³-hybridized carbons (Fsp3) is 0.625. The first-order valence-electron chi connectivity index (χ1n) is 3.83. The zero-order valence-corrected chi connectivity index (χ0v) is 8.08. The summed E-state index contributed by atoms with van der Waals surface area (Å²) in [5.41, 5.74) is 0. The number of ether oxygens (including phenoxy) is 1. The molecule has 0 bridgehead atoms. The van der Waals surface area contributed by atoms with Gasteiger partial charge in [0.1, 0.15) is 5.82 Å². The molecule has 1 heterocycles. The van der Waals surface area contributed by atoms with Crippen molar-refractivity contribution in [2.75, 3.05) is 13.7 Å². The molecule has 68 valence electrons. The Morgan fingerprint density at radius 2 is 2.50 bits per heavy atom. The summed E-state index contributed by atoms with van der Waals surface area (Å²) < 4.78 is 6.89. The van der Waals surface area contributed by atoms with E-state index < -0.39 is 0 Å². The van der Waals surface area contributed by atoms with Crippen molar-refractivity contribution in [3.05, 3.63) is 18.2 Å². The van der Waals surface area contributed by atoms with Crippen molar-refractivity contribution in [2.24, 2.45) is 7.05 Å². The lowest BCUT2D eigenvalue weighted by Gasteiger charge is -2.07. The van der Waals surface area contributed by atoms with E-state index in [9.17, 15) is 0 Å². The third-order valence-electron chi connectivity index (χ3n) is 1.67. The summed E-state index contributed by atoms with van der Waals surface area (Å²) in [5.74, 6) is 0.993. The van der Waals surface area contributed by atoms with Crippen molar-refractivity contribution in [3.8, 4) is 0 Å². The van der Waals surface area contributed by atoms with Crippen LogP contribution in [-0.2, 0) is 18.2 Å². The highest BCUT2D eigenvalue weighted by molar-refractivity contribution is 6.20. The second kappa shape index (κ2) is 4.48. The summed E-state index contributed by atoms with van der Waals surface area (Å²) in [4.78, 5) is 4.16. The third kappa shape index (κ3) is 2.50. The van der Waals surface area contributed by atoms with E-state index in [1.807, 2.05) is 17.8 Å². The number of methoxy groups -OCH3 is 1. The Balaban J connectivity index is 2.46. The zero-order chi connectivity index (χ0) is 8.97. The fourth-order valence-electron chi connectivity index (χ4n) is 1.03. The first kappa shape index (κ1) is 9.55. The second-order valence-electron chi connectivity index (χ2n) is 2.71. The number of imidazole rings is 1. The summed E-state index contributed by atoms with van der Waals surface area (Å²) in [7, 11) is 3.60. The number of alkyl halides is 1. The molecule has 1 aromatic rings. The van der Waals surface area contributed by atoms with Crippen molar-refractivity contribution in [2.45, 2.75) is 11.8 Å². The van der Waals surface area contributed by atoms with Gasteiger partial charge >= 0.3 is 0 Å². The standard InChI is InChI=1S/C8H13ClN2O/c1-11-4-3-10-8(11)5-7(9)6-12-2/h3-4,7H,5-6H2,1-2H3. The van der Waals surface area contributed by atoms with Crippen molar-refractivity contribution in [1.29, 1.82) is 0 Å². The number of aryl methyl sites for hydroxylation is 1. The third-order valence-corrected chi connectivity index (χ3v) is 1.95. The molecule has 0 radical (unpaired) electrons. The van der Waals surface area contributed by atoms with Crippen molar-refractivity contribution < 1.29 is 4.74 Å². The maximum absolute atomic E-state index is 5.97. The number of nitrogens with zero attached hydrogens (tertiary/aromatic N) is 2. The Hall–Kier alpha value is -0.540. The highest BCUT2D eigenvalue weighted by atomic mass is 35.5. The van der Waals surface area contributed by atoms with E-state index >= 15 is 0 Å². The maximum Gasteiger partial charge on any atom is 0.109 e. The monoisotopic (exact) mass is 188 g/mol. The average Bonchev–Trinajstić information content (AvgIpc) is 2.37. The molecular formula is C8H13ClN2O. The van der Waals surface area contributed by atoms with Crippen LogP contribution >= 0.6 is 11.6 Å². The van der Waals surface area contributed by atoms with Crippen LogP contribution in [0, 0.1) is 0 Å². The van der Waals surface area contributed by atoms with Crippen molar-refractivity contribution in [1.82, 2.24) is 9.55 Å². The maximum atomic E-state index is 5.97. The second-order valence-corrected chi connectivity index (χ2v) is 3.33. The summed E-state index contributed by atoms with van der Waals surface area (Å²) in [6.45, 7) is 0.564. The van der Waals surface area contributed by atoms with Crippen LogP contribution in [0.25, 0.3) is 0 Å². The molecule has 0 N–H and O–H groups in total. The molecule has 0 aromatic carbocycles. The zero-order valence-electron chi connectivity index (χ0n) is 7.33. The minimum atomic E-state index is 0.0103. The smallest absolute Gasteiger partial charge is 0.109 e. The van der Waals surface area contributed by atoms with Crippen LogP contribution in [0.15, 0.2) is 12.4 Å². The van der Waals surface area contributed by atoms with Gasteiger partial charge in [0.15, 0.2) is 0 Å². The van der Waals surface area contributed by atoms with Crippen LogP contribution in [0.4, 0.5) is 0 Å². The van der Waals surface area contributed by atoms with Gasteiger partial charge in [0.05, 0.1) is 12.0 Å². The molecule has 0 aliphatic heterocycles. The normalized spacial score (nSPS) is 13.2. The van der Waals surface area contributed by atoms with E-state index in [1.54, 1.807) is 13.3 Å². The van der Waals surface area contributed by atoms with Crippen LogP contribution in [0.5, 0.6) is 0 Å². The Morgan fingerprint density at radius 1 is 1.75 bits per heavy atom. The van der Waals surface area contributed by atoms with E-state index in [4.69, 9.17) is 16.3 Å². The van der Waals surface area contributed by atoms with Gasteiger partial charge in [0, 0.05) is 33.0 Å². The molecular weight excluding hydrogens is 176 g/mol. The first-order chi connectivity index (χ1) is 5.74. The van der Waals surface area contributed by atoms with Gasteiger partial charge in [-0.05, 0) is 0 Å². The van der Waals surface area contributed by atoms with Crippen LogP contribution < -0.4 is 0 Å². The minimum absolute atomic E-state index is 0.0103. The largest absolute Gasteiger partial charge is 0.383 e. The van der Waals surface area contributed by atoms with Gasteiger partial charge < -0.3 is 9.30 Å². The van der Waals surface area contributed by atoms with E-state index in [-0.39, 0.29) is 5.38 Å². The number of halogens is 1. The van der Waals surface area contributed by atoms with Crippen LogP contribution in [-0.4, -0.2) is 28.6 Å². The van der Waals surface area contributed by atoms with Crippen LogP contribution in [0.1, 0.15) is 5.82 Å². The summed E-state index contributed by atoms with van der Waals surface area (Å²) in [6.07, 6.45) is 4.43. The van der Waals surface area contributed by atoms with E-state index in [2.05, 4.69) is 4.98 Å². The average molecular weight is 189 g/mol. The molecule has 0 fully saturated rings. The minimum Gasteiger partial charge on any atom is -0.383 e. The summed E-state index contributed by atoms with van der Waals surface area (Å²) >= 11 is 5.97. The fourth-order valence-corrected chi connectivity index (χ4v) is 1.30. The van der Waals surface area contributed by atoms with Gasteiger partial charge in [0.2, 0.25) is 0 Å². The molecule has 1 aromatic heterocycles. The first-order valence-corrected chi connectivity index (χ1v) is 4.27. The quantitative estimate of drug-likeness (QED) is 0.665. The Kier molecular flexibility index (Phi) is 3.56. The number of hydrogen-bond donors (Lipinski definition) is 0. The van der Waals surface area contributed by atoms with E-state index in [1.165, 1.54) is 0 Å². The SMILES string of the molecule is COCC(Cl)Cc1nccn1C. The van der Waals surface area contributed by atoms with Gasteiger partial charge in [-0.2, -0.15) is 0 Å². The summed E-state index contributed by atoms with van der Waals surface area (Å²) in [6, 6.07) is 0. The van der Waals surface area contributed by atoms with Crippen molar-refractivity contribution in [3.63, 3.8) is 0 Å². The van der Waals surface area contributed by atoms with Gasteiger partial charge in [-0.15, -0.1) is 11.6 Å². The highest BCUT2D eigenvalue weighted by Crippen LogP contribution is 2.05. The number of aromatic nitrogens is 2. The molecule has 0 saturated carbocycles. The van der Waals surface area contributed by atoms with Gasteiger partial charge in [0.25, 0.3) is 0 Å². The molecule has 12 heavy (non-hydrogen) atoms. The van der Waals surface area contributed by atoms with Gasteiger partial charge in [-0.25, -0.2) is 4.98 Å². The molecule has 1 unspecified atom stereocenters. The summed E-state index contributed by atoms with van der Waals surface area (Å²) in [5, 5.41) is 0.0103. The molecule has 1 rings (SSSR count). The predicted molar refractivity (Wildman–Crippen MR) is 48.4 cm³/mol. The lowest BCUT2D eigenvalue weighted by Crippen LogP contribution is -2.13. The number of rotatable bonds is 4. The Morgan fingerprint density at radius 3 is 3.00 bits per heavy atom. The topological polar surface area (TPSA) is 27.1 Å². The molecule has 3 nitrogen and oxygen atoms in total. The molecule has 0 saturated heterocycles. The van der Waals surface area contributed by atoms with Gasteiger partial charge in [-0.3, -0.25) is 0 Å². The molecule has 0 amide bonds. The predicted octanol–water partition coefficient (Wildman–Crippen LogP) is 1.22. The highest BCUT2D eigenvalue weighted by Gasteiger charge is 2.08. The molecule has 4 heteroatoms. The Bertz CT molecular complexity index is 237. The Labute approximate surface area is 77.3 Å². The molecule has 1 atom stereocenters. The lowest BCUT2D eigenvalue weighted by molar-refractivity contribution is 0.197. The van der Waals surface area contributed by atoms with Crippen LogP contribution in [0.2, 0.25) is 0 Å². The number of hydrogen-bond acceptors (Lipinski definition) is 2. The van der Waals surface area contributed by atoms with E-state index in [0.29, 0.717) is 6.61 Å². The molecule has 0 spiro atoms. The van der Waals surface area contributed by atoms with Crippen LogP contribution in [0.3, 0.4) is 0 Å². The van der Waals surface area contributed by atoms with Crippen molar-refractivity contribution >= 4 is 11.6 Å².